The van der Waals surface area contributed by atoms with Gasteiger partial charge in [0.1, 0.15) is 11.3 Å². The monoisotopic (exact) mass is 257 g/mol. The van der Waals surface area contributed by atoms with Crippen molar-refractivity contribution < 1.29 is 4.42 Å². The molecular formula is C17H23NO. The summed E-state index contributed by atoms with van der Waals surface area (Å²) in [4.78, 5) is 0. The Hall–Kier alpha value is -1.28. The lowest BCUT2D eigenvalue weighted by Crippen LogP contribution is -2.29. The first kappa shape index (κ1) is 12.7. The van der Waals surface area contributed by atoms with Crippen LogP contribution in [0.3, 0.4) is 0 Å². The summed E-state index contributed by atoms with van der Waals surface area (Å²) in [5.74, 6) is 3.12. The average Bonchev–Trinajstić information content (AvgIpc) is 2.85. The molecule has 19 heavy (non-hydrogen) atoms. The van der Waals surface area contributed by atoms with Crippen LogP contribution in [-0.4, -0.2) is 0 Å². The van der Waals surface area contributed by atoms with Crippen molar-refractivity contribution >= 4 is 11.0 Å². The third-order valence-electron chi connectivity index (χ3n) is 4.92. The molecule has 2 N–H and O–H groups in total. The predicted molar refractivity (Wildman–Crippen MR) is 78.8 cm³/mol. The summed E-state index contributed by atoms with van der Waals surface area (Å²) < 4.78 is 5.92. The standard InChI is InChI=1S/C17H23NO/c1-11-7-8-14(9-12(11)2)17(18)16-10-13-5-3-4-6-15(13)19-16/h3-6,10-12,14,17H,7-9,18H2,1-2H3. The van der Waals surface area contributed by atoms with Crippen LogP contribution in [0.4, 0.5) is 0 Å². The van der Waals surface area contributed by atoms with E-state index in [1.165, 1.54) is 19.3 Å². The zero-order valence-corrected chi connectivity index (χ0v) is 11.8. The summed E-state index contributed by atoms with van der Waals surface area (Å²) in [6.45, 7) is 4.70. The highest BCUT2D eigenvalue weighted by molar-refractivity contribution is 5.77. The minimum Gasteiger partial charge on any atom is -0.459 e. The highest BCUT2D eigenvalue weighted by Gasteiger charge is 2.30. The zero-order valence-electron chi connectivity index (χ0n) is 11.8. The van der Waals surface area contributed by atoms with Crippen molar-refractivity contribution in [3.8, 4) is 0 Å². The van der Waals surface area contributed by atoms with Crippen LogP contribution >= 0.6 is 0 Å². The van der Waals surface area contributed by atoms with Gasteiger partial charge in [0, 0.05) is 5.39 Å². The maximum Gasteiger partial charge on any atom is 0.134 e. The molecule has 0 bridgehead atoms. The maximum atomic E-state index is 6.45. The fourth-order valence-electron chi connectivity index (χ4n) is 3.31. The molecule has 0 amide bonds. The molecule has 0 spiro atoms. The van der Waals surface area contributed by atoms with Crippen molar-refractivity contribution in [2.24, 2.45) is 23.5 Å². The van der Waals surface area contributed by atoms with Gasteiger partial charge in [-0.05, 0) is 42.7 Å². The molecule has 1 aromatic heterocycles. The Balaban J connectivity index is 1.81. The van der Waals surface area contributed by atoms with Gasteiger partial charge in [-0.15, -0.1) is 0 Å². The quantitative estimate of drug-likeness (QED) is 0.860. The molecule has 0 aliphatic heterocycles. The second-order valence-electron chi connectivity index (χ2n) is 6.24. The molecule has 1 heterocycles. The number of benzene rings is 1. The Kier molecular flexibility index (Phi) is 3.36. The molecule has 1 aliphatic rings. The molecule has 2 heteroatoms. The van der Waals surface area contributed by atoms with Gasteiger partial charge in [-0.25, -0.2) is 0 Å². The maximum absolute atomic E-state index is 6.45. The molecule has 3 rings (SSSR count). The molecule has 4 atom stereocenters. The summed E-state index contributed by atoms with van der Waals surface area (Å²) >= 11 is 0. The Labute approximate surface area is 115 Å². The van der Waals surface area contributed by atoms with Gasteiger partial charge in [0.2, 0.25) is 0 Å². The van der Waals surface area contributed by atoms with Gasteiger partial charge in [-0.2, -0.15) is 0 Å². The van der Waals surface area contributed by atoms with E-state index in [2.05, 4.69) is 26.0 Å². The molecule has 4 unspecified atom stereocenters. The first-order chi connectivity index (χ1) is 9.15. The van der Waals surface area contributed by atoms with Crippen LogP contribution in [0.1, 0.15) is 44.9 Å². The van der Waals surface area contributed by atoms with E-state index in [0.717, 1.165) is 28.6 Å². The zero-order chi connectivity index (χ0) is 13.4. The van der Waals surface area contributed by atoms with Crippen molar-refractivity contribution in [1.29, 1.82) is 0 Å². The van der Waals surface area contributed by atoms with E-state index in [4.69, 9.17) is 10.2 Å². The second-order valence-corrected chi connectivity index (χ2v) is 6.24. The van der Waals surface area contributed by atoms with Crippen molar-refractivity contribution in [3.63, 3.8) is 0 Å². The van der Waals surface area contributed by atoms with E-state index in [0.29, 0.717) is 5.92 Å². The molecule has 1 aliphatic carbocycles. The van der Waals surface area contributed by atoms with E-state index >= 15 is 0 Å². The third-order valence-corrected chi connectivity index (χ3v) is 4.92. The molecule has 102 valence electrons. The highest BCUT2D eigenvalue weighted by atomic mass is 16.3. The summed E-state index contributed by atoms with van der Waals surface area (Å²) in [5, 5.41) is 1.16. The smallest absolute Gasteiger partial charge is 0.134 e. The molecular weight excluding hydrogens is 234 g/mol. The fraction of sp³-hybridized carbons (Fsp3) is 0.529. The van der Waals surface area contributed by atoms with Crippen molar-refractivity contribution in [1.82, 2.24) is 0 Å². The predicted octanol–water partition coefficient (Wildman–Crippen LogP) is 4.50. The molecule has 2 aromatic rings. The first-order valence-electron chi connectivity index (χ1n) is 7.39. The van der Waals surface area contributed by atoms with Crippen LogP contribution < -0.4 is 5.73 Å². The van der Waals surface area contributed by atoms with E-state index in [9.17, 15) is 0 Å². The molecule has 1 fully saturated rings. The largest absolute Gasteiger partial charge is 0.459 e. The number of furan rings is 1. The van der Waals surface area contributed by atoms with Crippen molar-refractivity contribution in [2.45, 2.75) is 39.2 Å². The molecule has 0 radical (unpaired) electrons. The first-order valence-corrected chi connectivity index (χ1v) is 7.39. The highest BCUT2D eigenvalue weighted by Crippen LogP contribution is 2.39. The summed E-state index contributed by atoms with van der Waals surface area (Å²) in [6.07, 6.45) is 3.74. The SMILES string of the molecule is CC1CCC(C(N)c2cc3ccccc3o2)CC1C. The lowest BCUT2D eigenvalue weighted by molar-refractivity contribution is 0.178. The number of hydrogen-bond donors (Lipinski definition) is 1. The van der Waals surface area contributed by atoms with Gasteiger partial charge < -0.3 is 10.2 Å². The molecule has 1 aromatic carbocycles. The van der Waals surface area contributed by atoms with Gasteiger partial charge in [-0.1, -0.05) is 38.5 Å². The van der Waals surface area contributed by atoms with Gasteiger partial charge in [0.15, 0.2) is 0 Å². The van der Waals surface area contributed by atoms with E-state index in [1.807, 2.05) is 18.2 Å². The second kappa shape index (κ2) is 5.01. The van der Waals surface area contributed by atoms with Crippen LogP contribution in [0.2, 0.25) is 0 Å². The lowest BCUT2D eigenvalue weighted by atomic mass is 9.73. The number of fused-ring (bicyclic) bond motifs is 1. The van der Waals surface area contributed by atoms with Crippen molar-refractivity contribution in [2.75, 3.05) is 0 Å². The van der Waals surface area contributed by atoms with E-state index in [-0.39, 0.29) is 6.04 Å². The van der Waals surface area contributed by atoms with E-state index < -0.39 is 0 Å². The summed E-state index contributed by atoms with van der Waals surface area (Å²) in [5.41, 5.74) is 7.40. The van der Waals surface area contributed by atoms with Gasteiger partial charge in [0.25, 0.3) is 0 Å². The van der Waals surface area contributed by atoms with Crippen LogP contribution in [0.15, 0.2) is 34.7 Å². The average molecular weight is 257 g/mol. The molecule has 0 saturated heterocycles. The lowest BCUT2D eigenvalue weighted by Gasteiger charge is -2.34. The minimum atomic E-state index is 0.0438. The van der Waals surface area contributed by atoms with Crippen molar-refractivity contribution in [3.05, 3.63) is 36.1 Å². The molecule has 1 saturated carbocycles. The van der Waals surface area contributed by atoms with Gasteiger partial charge in [-0.3, -0.25) is 0 Å². The Morgan fingerprint density at radius 3 is 2.68 bits per heavy atom. The van der Waals surface area contributed by atoms with Crippen LogP contribution in [0.25, 0.3) is 11.0 Å². The number of nitrogens with two attached hydrogens (primary N) is 1. The van der Waals surface area contributed by atoms with Crippen LogP contribution in [0, 0.1) is 17.8 Å². The third kappa shape index (κ3) is 2.42. The topological polar surface area (TPSA) is 39.2 Å². The number of para-hydroxylation sites is 1. The van der Waals surface area contributed by atoms with Gasteiger partial charge in [0.05, 0.1) is 6.04 Å². The molecule has 2 nitrogen and oxygen atoms in total. The Morgan fingerprint density at radius 1 is 1.16 bits per heavy atom. The minimum absolute atomic E-state index is 0.0438. The fourth-order valence-corrected chi connectivity index (χ4v) is 3.31. The number of rotatable bonds is 2. The summed E-state index contributed by atoms with van der Waals surface area (Å²) in [6, 6.07) is 10.3. The Morgan fingerprint density at radius 2 is 1.95 bits per heavy atom. The van der Waals surface area contributed by atoms with Crippen LogP contribution in [0.5, 0.6) is 0 Å². The normalized spacial score (nSPS) is 29.5. The van der Waals surface area contributed by atoms with Crippen LogP contribution in [-0.2, 0) is 0 Å². The van der Waals surface area contributed by atoms with E-state index in [1.54, 1.807) is 0 Å². The Bertz CT molecular complexity index is 526. The van der Waals surface area contributed by atoms with Gasteiger partial charge >= 0.3 is 0 Å². The summed E-state index contributed by atoms with van der Waals surface area (Å²) in [7, 11) is 0. The number of hydrogen-bond acceptors (Lipinski definition) is 2.